The summed E-state index contributed by atoms with van der Waals surface area (Å²) in [6.07, 6.45) is 6.44. The van der Waals surface area contributed by atoms with Gasteiger partial charge in [0, 0.05) is 5.92 Å². The van der Waals surface area contributed by atoms with Crippen LogP contribution < -0.4 is 14.9 Å². The highest BCUT2D eigenvalue weighted by molar-refractivity contribution is 9.10. The van der Waals surface area contributed by atoms with Crippen molar-refractivity contribution in [3.05, 3.63) is 22.2 Å². The van der Waals surface area contributed by atoms with Gasteiger partial charge in [-0.15, -0.1) is 0 Å². The molecule has 0 heterocycles. The number of carbonyl (C=O) groups excluding carboxylic acids is 1. The maximum Gasteiger partial charge on any atom is 0.244 e. The first-order chi connectivity index (χ1) is 12.0. The van der Waals surface area contributed by atoms with Gasteiger partial charge in [-0.1, -0.05) is 19.8 Å². The summed E-state index contributed by atoms with van der Waals surface area (Å²) in [6.45, 7) is 4.71. The SMILES string of the molecule is CCOc1c(Br)cc(/C=N\NC(=O)[C@@H]2[C@H]3CCCC[C@@]32C)cc1OC. The molecule has 1 amide bonds. The average Bonchev–Trinajstić information content (AvgIpc) is 3.22. The Balaban J connectivity index is 1.64. The summed E-state index contributed by atoms with van der Waals surface area (Å²) < 4.78 is 11.7. The molecule has 0 aliphatic heterocycles. The Labute approximate surface area is 157 Å². The van der Waals surface area contributed by atoms with E-state index in [0.29, 0.717) is 24.0 Å². The minimum Gasteiger partial charge on any atom is -0.493 e. The fourth-order valence-electron chi connectivity index (χ4n) is 4.19. The van der Waals surface area contributed by atoms with Crippen molar-refractivity contribution >= 4 is 28.1 Å². The van der Waals surface area contributed by atoms with E-state index in [9.17, 15) is 4.79 Å². The number of rotatable bonds is 6. The van der Waals surface area contributed by atoms with Crippen LogP contribution in [0.1, 0.15) is 45.1 Å². The lowest BCUT2D eigenvalue weighted by atomic mass is 9.90. The highest BCUT2D eigenvalue weighted by Crippen LogP contribution is 2.66. The quantitative estimate of drug-likeness (QED) is 0.568. The first-order valence-electron chi connectivity index (χ1n) is 8.84. The van der Waals surface area contributed by atoms with Crippen molar-refractivity contribution in [3.8, 4) is 11.5 Å². The van der Waals surface area contributed by atoms with Crippen molar-refractivity contribution in [1.82, 2.24) is 5.43 Å². The molecule has 0 bridgehead atoms. The smallest absolute Gasteiger partial charge is 0.244 e. The number of benzene rings is 1. The lowest BCUT2D eigenvalue weighted by Crippen LogP contribution is -2.22. The summed E-state index contributed by atoms with van der Waals surface area (Å²) in [6, 6.07) is 3.73. The number of ether oxygens (including phenoxy) is 2. The second-order valence-corrected chi connectivity index (χ2v) is 7.89. The molecule has 2 saturated carbocycles. The first kappa shape index (κ1) is 18.2. The van der Waals surface area contributed by atoms with Crippen LogP contribution in [-0.4, -0.2) is 25.8 Å². The fourth-order valence-corrected chi connectivity index (χ4v) is 4.76. The van der Waals surface area contributed by atoms with Crippen molar-refractivity contribution in [2.75, 3.05) is 13.7 Å². The number of hydrogen-bond acceptors (Lipinski definition) is 4. The summed E-state index contributed by atoms with van der Waals surface area (Å²) in [7, 11) is 1.60. The van der Waals surface area contributed by atoms with E-state index in [2.05, 4.69) is 33.4 Å². The number of methoxy groups -OCH3 is 1. The van der Waals surface area contributed by atoms with E-state index in [4.69, 9.17) is 9.47 Å². The number of carbonyl (C=O) groups is 1. The number of hydrogen-bond donors (Lipinski definition) is 1. The van der Waals surface area contributed by atoms with Gasteiger partial charge in [0.1, 0.15) is 0 Å². The zero-order valence-corrected chi connectivity index (χ0v) is 16.6. The predicted molar refractivity (Wildman–Crippen MR) is 101 cm³/mol. The minimum absolute atomic E-state index is 0.0441. The molecule has 0 unspecified atom stereocenters. The number of nitrogens with one attached hydrogen (secondary N) is 1. The third-order valence-electron chi connectivity index (χ3n) is 5.54. The third kappa shape index (κ3) is 3.54. The molecular weight excluding hydrogens is 384 g/mol. The summed E-state index contributed by atoms with van der Waals surface area (Å²) >= 11 is 3.49. The van der Waals surface area contributed by atoms with Gasteiger partial charge in [-0.25, -0.2) is 5.43 Å². The molecule has 25 heavy (non-hydrogen) atoms. The molecule has 1 aromatic carbocycles. The fraction of sp³-hybridized carbons (Fsp3) is 0.579. The summed E-state index contributed by atoms with van der Waals surface area (Å²) in [5.74, 6) is 2.00. The molecular formula is C19H25BrN2O3. The monoisotopic (exact) mass is 408 g/mol. The van der Waals surface area contributed by atoms with E-state index in [0.717, 1.165) is 16.5 Å². The Hall–Kier alpha value is -1.56. The number of fused-ring (bicyclic) bond motifs is 1. The predicted octanol–water partition coefficient (Wildman–Crippen LogP) is 4.13. The van der Waals surface area contributed by atoms with E-state index in [1.807, 2.05) is 19.1 Å². The van der Waals surface area contributed by atoms with Crippen LogP contribution in [-0.2, 0) is 4.79 Å². The maximum atomic E-state index is 12.4. The molecule has 1 aromatic rings. The molecule has 2 aliphatic rings. The van der Waals surface area contributed by atoms with E-state index in [1.165, 1.54) is 19.3 Å². The summed E-state index contributed by atoms with van der Waals surface area (Å²) in [4.78, 5) is 12.4. The molecule has 2 aliphatic carbocycles. The van der Waals surface area contributed by atoms with Crippen LogP contribution in [0.25, 0.3) is 0 Å². The van der Waals surface area contributed by atoms with E-state index in [-0.39, 0.29) is 17.2 Å². The molecule has 6 heteroatoms. The van der Waals surface area contributed by atoms with Crippen LogP contribution in [0.4, 0.5) is 0 Å². The normalized spacial score (nSPS) is 27.7. The van der Waals surface area contributed by atoms with Crippen molar-refractivity contribution in [3.63, 3.8) is 0 Å². The number of hydrazone groups is 1. The molecule has 1 N–H and O–H groups in total. The van der Waals surface area contributed by atoms with Gasteiger partial charge in [0.25, 0.3) is 0 Å². The van der Waals surface area contributed by atoms with Gasteiger partial charge in [0.05, 0.1) is 24.4 Å². The van der Waals surface area contributed by atoms with Gasteiger partial charge in [-0.05, 0) is 64.7 Å². The largest absolute Gasteiger partial charge is 0.493 e. The molecule has 3 rings (SSSR count). The molecule has 0 saturated heterocycles. The number of amides is 1. The highest BCUT2D eigenvalue weighted by Gasteiger charge is 2.64. The Morgan fingerprint density at radius 3 is 2.92 bits per heavy atom. The third-order valence-corrected chi connectivity index (χ3v) is 6.13. The van der Waals surface area contributed by atoms with Crippen molar-refractivity contribution in [2.45, 2.75) is 39.5 Å². The van der Waals surface area contributed by atoms with Gasteiger partial charge in [0.2, 0.25) is 5.91 Å². The zero-order chi connectivity index (χ0) is 18.0. The first-order valence-corrected chi connectivity index (χ1v) is 9.63. The van der Waals surface area contributed by atoms with Crippen LogP contribution in [0, 0.1) is 17.3 Å². The molecule has 0 aromatic heterocycles. The van der Waals surface area contributed by atoms with Gasteiger partial charge in [-0.2, -0.15) is 5.10 Å². The minimum atomic E-state index is 0.0441. The number of halogens is 1. The maximum absolute atomic E-state index is 12.4. The second-order valence-electron chi connectivity index (χ2n) is 7.04. The van der Waals surface area contributed by atoms with Crippen molar-refractivity contribution in [2.24, 2.45) is 22.4 Å². The molecule has 0 radical (unpaired) electrons. The van der Waals surface area contributed by atoms with Gasteiger partial charge >= 0.3 is 0 Å². The lowest BCUT2D eigenvalue weighted by Gasteiger charge is -2.15. The summed E-state index contributed by atoms with van der Waals surface area (Å²) in [5, 5.41) is 4.14. The van der Waals surface area contributed by atoms with Crippen molar-refractivity contribution < 1.29 is 14.3 Å². The Bertz CT molecular complexity index is 691. The Kier molecular flexibility index (Phi) is 5.37. The molecule has 3 atom stereocenters. The van der Waals surface area contributed by atoms with Gasteiger partial charge in [-0.3, -0.25) is 4.79 Å². The van der Waals surface area contributed by atoms with Crippen LogP contribution in [0.5, 0.6) is 11.5 Å². The van der Waals surface area contributed by atoms with Crippen LogP contribution >= 0.6 is 15.9 Å². The van der Waals surface area contributed by atoms with Crippen LogP contribution in [0.15, 0.2) is 21.7 Å². The molecule has 0 spiro atoms. The van der Waals surface area contributed by atoms with Crippen LogP contribution in [0.2, 0.25) is 0 Å². The molecule has 136 valence electrons. The van der Waals surface area contributed by atoms with E-state index in [1.54, 1.807) is 13.3 Å². The Morgan fingerprint density at radius 1 is 1.48 bits per heavy atom. The van der Waals surface area contributed by atoms with Gasteiger partial charge < -0.3 is 9.47 Å². The van der Waals surface area contributed by atoms with Gasteiger partial charge in [0.15, 0.2) is 11.5 Å². The molecule has 5 nitrogen and oxygen atoms in total. The lowest BCUT2D eigenvalue weighted by molar-refractivity contribution is -0.123. The second kappa shape index (κ2) is 7.36. The molecule has 2 fully saturated rings. The van der Waals surface area contributed by atoms with Crippen LogP contribution in [0.3, 0.4) is 0 Å². The van der Waals surface area contributed by atoms with Crippen molar-refractivity contribution in [1.29, 1.82) is 0 Å². The summed E-state index contributed by atoms with van der Waals surface area (Å²) in [5.41, 5.74) is 3.74. The number of nitrogens with zero attached hydrogens (tertiary/aromatic N) is 1. The van der Waals surface area contributed by atoms with E-state index < -0.39 is 0 Å². The topological polar surface area (TPSA) is 59.9 Å². The highest BCUT2D eigenvalue weighted by atomic mass is 79.9. The van der Waals surface area contributed by atoms with E-state index >= 15 is 0 Å². The standard InChI is InChI=1S/C19H25BrN2O3/c1-4-25-17-14(20)9-12(10-15(17)24-3)11-21-22-18(23)16-13-7-5-6-8-19(13,16)2/h9-11,13,16H,4-8H2,1-3H3,(H,22,23)/b21-11-/t13-,16+,19+/m1/s1. The Morgan fingerprint density at radius 2 is 2.28 bits per heavy atom. The zero-order valence-electron chi connectivity index (χ0n) is 15.0. The average molecular weight is 409 g/mol.